The number of aromatic nitrogens is 2. The SMILES string of the molecule is Cc1nn(C)c(C)c1C(=O)N1CCN(S(=O)(=O)c2ccc(F)cc2F)CC1. The number of sulfonamides is 1. The number of benzene rings is 1. The van der Waals surface area contributed by atoms with Gasteiger partial charge in [0.2, 0.25) is 10.0 Å². The van der Waals surface area contributed by atoms with E-state index in [0.29, 0.717) is 17.3 Å². The van der Waals surface area contributed by atoms with Gasteiger partial charge in [0, 0.05) is 45.0 Å². The van der Waals surface area contributed by atoms with Gasteiger partial charge < -0.3 is 4.90 Å². The molecule has 0 N–H and O–H groups in total. The smallest absolute Gasteiger partial charge is 0.257 e. The van der Waals surface area contributed by atoms with Crippen LogP contribution >= 0.6 is 0 Å². The fraction of sp³-hybridized carbons (Fsp3) is 0.412. The van der Waals surface area contributed by atoms with E-state index in [1.807, 2.05) is 0 Å². The third kappa shape index (κ3) is 3.46. The van der Waals surface area contributed by atoms with Gasteiger partial charge in [-0.25, -0.2) is 17.2 Å². The summed E-state index contributed by atoms with van der Waals surface area (Å²) < 4.78 is 54.9. The van der Waals surface area contributed by atoms with Crippen molar-refractivity contribution in [2.75, 3.05) is 26.2 Å². The van der Waals surface area contributed by atoms with Crippen LogP contribution in [0.3, 0.4) is 0 Å². The molecule has 0 spiro atoms. The normalized spacial score (nSPS) is 16.0. The predicted molar refractivity (Wildman–Crippen MR) is 93.7 cm³/mol. The number of hydrogen-bond acceptors (Lipinski definition) is 4. The lowest BCUT2D eigenvalue weighted by atomic mass is 10.1. The molecule has 3 rings (SSSR count). The molecule has 0 unspecified atom stereocenters. The standard InChI is InChI=1S/C17H20F2N4O3S/c1-11-16(12(2)21(3)20-11)17(24)22-6-8-23(9-7-22)27(25,26)15-5-4-13(18)10-14(15)19/h4-5,10H,6-9H2,1-3H3. The van der Waals surface area contributed by atoms with Crippen molar-refractivity contribution < 1.29 is 22.0 Å². The Balaban J connectivity index is 1.76. The van der Waals surface area contributed by atoms with Crippen molar-refractivity contribution >= 4 is 15.9 Å². The molecule has 0 radical (unpaired) electrons. The van der Waals surface area contributed by atoms with Gasteiger partial charge in [0.05, 0.1) is 11.3 Å². The van der Waals surface area contributed by atoms with Gasteiger partial charge in [-0.05, 0) is 26.0 Å². The van der Waals surface area contributed by atoms with Crippen LogP contribution in [0.15, 0.2) is 23.1 Å². The summed E-state index contributed by atoms with van der Waals surface area (Å²) in [5, 5.41) is 4.23. The highest BCUT2D eigenvalue weighted by Crippen LogP contribution is 2.22. The van der Waals surface area contributed by atoms with Crippen LogP contribution in [-0.4, -0.2) is 59.5 Å². The van der Waals surface area contributed by atoms with Gasteiger partial charge in [-0.3, -0.25) is 9.48 Å². The van der Waals surface area contributed by atoms with Crippen LogP contribution in [0.5, 0.6) is 0 Å². The fourth-order valence-electron chi connectivity index (χ4n) is 3.20. The highest BCUT2D eigenvalue weighted by Gasteiger charge is 2.33. The first-order chi connectivity index (χ1) is 12.6. The first kappa shape index (κ1) is 19.4. The zero-order valence-electron chi connectivity index (χ0n) is 15.2. The number of halogens is 2. The summed E-state index contributed by atoms with van der Waals surface area (Å²) in [7, 11) is -2.35. The second-order valence-electron chi connectivity index (χ2n) is 6.44. The molecule has 1 amide bonds. The molecule has 0 atom stereocenters. The van der Waals surface area contributed by atoms with Crippen LogP contribution in [0.2, 0.25) is 0 Å². The van der Waals surface area contributed by atoms with Gasteiger partial charge in [0.25, 0.3) is 5.91 Å². The Bertz CT molecular complexity index is 996. The molecule has 1 aromatic heterocycles. The second kappa shape index (κ2) is 7.01. The Kier molecular flexibility index (Phi) is 5.04. The third-order valence-corrected chi connectivity index (χ3v) is 6.69. The molecule has 27 heavy (non-hydrogen) atoms. The molecular weight excluding hydrogens is 378 g/mol. The van der Waals surface area contributed by atoms with Crippen LogP contribution in [0.1, 0.15) is 21.7 Å². The number of rotatable bonds is 3. The van der Waals surface area contributed by atoms with E-state index in [9.17, 15) is 22.0 Å². The molecule has 0 aliphatic carbocycles. The molecule has 146 valence electrons. The first-order valence-electron chi connectivity index (χ1n) is 8.37. The van der Waals surface area contributed by atoms with Crippen molar-refractivity contribution in [3.63, 3.8) is 0 Å². The monoisotopic (exact) mass is 398 g/mol. The van der Waals surface area contributed by atoms with Gasteiger partial charge in [0.1, 0.15) is 16.5 Å². The van der Waals surface area contributed by atoms with Crippen LogP contribution < -0.4 is 0 Å². The number of carbonyl (C=O) groups is 1. The fourth-order valence-corrected chi connectivity index (χ4v) is 4.66. The van der Waals surface area contributed by atoms with Crippen molar-refractivity contribution in [1.29, 1.82) is 0 Å². The second-order valence-corrected chi connectivity index (χ2v) is 8.35. The summed E-state index contributed by atoms with van der Waals surface area (Å²) in [5.74, 6) is -2.18. The van der Waals surface area contributed by atoms with Crippen molar-refractivity contribution in [2.45, 2.75) is 18.7 Å². The Morgan fingerprint density at radius 3 is 2.26 bits per heavy atom. The number of carbonyl (C=O) groups excluding carboxylic acids is 1. The highest BCUT2D eigenvalue weighted by molar-refractivity contribution is 7.89. The molecular formula is C17H20F2N4O3S. The molecule has 1 saturated heterocycles. The summed E-state index contributed by atoms with van der Waals surface area (Å²) in [6.45, 7) is 3.96. The minimum Gasteiger partial charge on any atom is -0.336 e. The molecule has 1 fully saturated rings. The van der Waals surface area contributed by atoms with Crippen molar-refractivity contribution in [3.8, 4) is 0 Å². The van der Waals surface area contributed by atoms with E-state index in [1.165, 1.54) is 0 Å². The molecule has 1 aliphatic heterocycles. The largest absolute Gasteiger partial charge is 0.336 e. The van der Waals surface area contributed by atoms with E-state index in [4.69, 9.17) is 0 Å². The minimum absolute atomic E-state index is 0.0310. The molecule has 2 aromatic rings. The maximum absolute atomic E-state index is 13.9. The van der Waals surface area contributed by atoms with E-state index >= 15 is 0 Å². The van der Waals surface area contributed by atoms with E-state index in [-0.39, 0.29) is 32.1 Å². The Hall–Kier alpha value is -2.33. The predicted octanol–water partition coefficient (Wildman–Crippen LogP) is 1.46. The van der Waals surface area contributed by atoms with Crippen molar-refractivity contribution in [2.24, 2.45) is 7.05 Å². The average Bonchev–Trinajstić information content (AvgIpc) is 2.86. The van der Waals surface area contributed by atoms with Gasteiger partial charge >= 0.3 is 0 Å². The number of hydrogen-bond donors (Lipinski definition) is 0. The van der Waals surface area contributed by atoms with Crippen LogP contribution in [0.25, 0.3) is 0 Å². The van der Waals surface area contributed by atoms with Gasteiger partial charge in [-0.15, -0.1) is 0 Å². The molecule has 2 heterocycles. The Morgan fingerprint density at radius 2 is 1.74 bits per heavy atom. The molecule has 0 saturated carbocycles. The highest BCUT2D eigenvalue weighted by atomic mass is 32.2. The van der Waals surface area contributed by atoms with Crippen LogP contribution in [-0.2, 0) is 17.1 Å². The number of piperazine rings is 1. The lowest BCUT2D eigenvalue weighted by molar-refractivity contribution is 0.0696. The van der Waals surface area contributed by atoms with Crippen molar-refractivity contribution in [1.82, 2.24) is 19.0 Å². The van der Waals surface area contributed by atoms with Crippen molar-refractivity contribution in [3.05, 3.63) is 46.8 Å². The van der Waals surface area contributed by atoms with E-state index < -0.39 is 26.6 Å². The molecule has 1 aliphatic rings. The zero-order chi connectivity index (χ0) is 19.9. The van der Waals surface area contributed by atoms with Gasteiger partial charge in [0.15, 0.2) is 0 Å². The number of amides is 1. The summed E-state index contributed by atoms with van der Waals surface area (Å²) in [4.78, 5) is 13.8. The molecule has 7 nitrogen and oxygen atoms in total. The lowest BCUT2D eigenvalue weighted by Crippen LogP contribution is -2.50. The zero-order valence-corrected chi connectivity index (χ0v) is 16.1. The Labute approximate surface area is 156 Å². The summed E-state index contributed by atoms with van der Waals surface area (Å²) in [6.07, 6.45) is 0. The average molecular weight is 398 g/mol. The lowest BCUT2D eigenvalue weighted by Gasteiger charge is -2.34. The molecule has 0 bridgehead atoms. The van der Waals surface area contributed by atoms with Crippen LogP contribution in [0, 0.1) is 25.5 Å². The minimum atomic E-state index is -4.10. The van der Waals surface area contributed by atoms with E-state index in [0.717, 1.165) is 22.1 Å². The summed E-state index contributed by atoms with van der Waals surface area (Å²) >= 11 is 0. The first-order valence-corrected chi connectivity index (χ1v) is 9.81. The van der Waals surface area contributed by atoms with Gasteiger partial charge in [-0.1, -0.05) is 0 Å². The Morgan fingerprint density at radius 1 is 1.11 bits per heavy atom. The number of nitrogens with zero attached hydrogens (tertiary/aromatic N) is 4. The third-order valence-electron chi connectivity index (χ3n) is 4.76. The van der Waals surface area contributed by atoms with E-state index in [1.54, 1.807) is 30.5 Å². The number of aryl methyl sites for hydroxylation is 2. The summed E-state index contributed by atoms with van der Waals surface area (Å²) in [5.41, 5.74) is 1.86. The topological polar surface area (TPSA) is 75.5 Å². The van der Waals surface area contributed by atoms with Gasteiger partial charge in [-0.2, -0.15) is 9.40 Å². The van der Waals surface area contributed by atoms with E-state index in [2.05, 4.69) is 5.10 Å². The van der Waals surface area contributed by atoms with Crippen LogP contribution in [0.4, 0.5) is 8.78 Å². The maximum Gasteiger partial charge on any atom is 0.257 e. The quantitative estimate of drug-likeness (QED) is 0.785. The summed E-state index contributed by atoms with van der Waals surface area (Å²) in [6, 6.07) is 2.37. The maximum atomic E-state index is 13.9. The molecule has 10 heteroatoms. The molecule has 1 aromatic carbocycles.